The first-order valence-corrected chi connectivity index (χ1v) is 10.2. The summed E-state index contributed by atoms with van der Waals surface area (Å²) in [5, 5.41) is 0. The fourth-order valence-electron chi connectivity index (χ4n) is 2.89. The van der Waals surface area contributed by atoms with Gasteiger partial charge in [-0.05, 0) is 67.3 Å². The van der Waals surface area contributed by atoms with E-state index in [9.17, 15) is 0 Å². The standard InChI is InChI=1S/C20H26N2S2/c1-13(2)20(21-5)19-14(3)11-18(12-15(19)4)24-17-9-7-16(8-10-17)22-23-6/h7-13,22H,1-6H3. The lowest BCUT2D eigenvalue weighted by Gasteiger charge is -2.17. The number of aliphatic imine (C=N–C) groups is 1. The van der Waals surface area contributed by atoms with Crippen LogP contribution in [0.2, 0.25) is 0 Å². The zero-order chi connectivity index (χ0) is 17.7. The second kappa shape index (κ2) is 8.63. The number of hydrogen-bond donors (Lipinski definition) is 1. The average molecular weight is 359 g/mol. The van der Waals surface area contributed by atoms with Crippen LogP contribution in [0, 0.1) is 19.8 Å². The topological polar surface area (TPSA) is 24.4 Å². The third-order valence-corrected chi connectivity index (χ3v) is 5.28. The molecule has 0 atom stereocenters. The fraction of sp³-hybridized carbons (Fsp3) is 0.350. The molecule has 0 saturated carbocycles. The summed E-state index contributed by atoms with van der Waals surface area (Å²) < 4.78 is 3.25. The van der Waals surface area contributed by atoms with E-state index in [0.717, 1.165) is 5.69 Å². The van der Waals surface area contributed by atoms with Gasteiger partial charge in [-0.15, -0.1) is 0 Å². The molecule has 2 aromatic rings. The van der Waals surface area contributed by atoms with Crippen molar-refractivity contribution >= 4 is 35.1 Å². The molecular weight excluding hydrogens is 332 g/mol. The lowest BCUT2D eigenvalue weighted by atomic mass is 9.92. The molecule has 0 unspecified atom stereocenters. The van der Waals surface area contributed by atoms with Crippen LogP contribution in [-0.2, 0) is 0 Å². The summed E-state index contributed by atoms with van der Waals surface area (Å²) in [5.74, 6) is 0.433. The van der Waals surface area contributed by atoms with E-state index in [2.05, 4.69) is 73.8 Å². The lowest BCUT2D eigenvalue weighted by molar-refractivity contribution is 0.879. The van der Waals surface area contributed by atoms with Gasteiger partial charge < -0.3 is 4.72 Å². The maximum atomic E-state index is 4.52. The minimum Gasteiger partial charge on any atom is -0.330 e. The van der Waals surface area contributed by atoms with E-state index in [0.29, 0.717) is 5.92 Å². The van der Waals surface area contributed by atoms with Crippen LogP contribution in [0.3, 0.4) is 0 Å². The van der Waals surface area contributed by atoms with Crippen molar-refractivity contribution in [2.24, 2.45) is 10.9 Å². The van der Waals surface area contributed by atoms with Gasteiger partial charge in [0.05, 0.1) is 0 Å². The van der Waals surface area contributed by atoms with Crippen molar-refractivity contribution in [3.63, 3.8) is 0 Å². The predicted molar refractivity (Wildman–Crippen MR) is 111 cm³/mol. The van der Waals surface area contributed by atoms with E-state index in [1.54, 1.807) is 23.7 Å². The van der Waals surface area contributed by atoms with Gasteiger partial charge in [0.2, 0.25) is 0 Å². The third kappa shape index (κ3) is 4.58. The van der Waals surface area contributed by atoms with Crippen LogP contribution in [-0.4, -0.2) is 19.0 Å². The van der Waals surface area contributed by atoms with Gasteiger partial charge in [-0.1, -0.05) is 37.6 Å². The second-order valence-corrected chi connectivity index (χ2v) is 7.89. The van der Waals surface area contributed by atoms with Gasteiger partial charge in [0.15, 0.2) is 0 Å². The summed E-state index contributed by atoms with van der Waals surface area (Å²) in [6, 6.07) is 13.1. The molecule has 0 radical (unpaired) electrons. The van der Waals surface area contributed by atoms with Crippen LogP contribution in [0.25, 0.3) is 0 Å². The van der Waals surface area contributed by atoms with Crippen LogP contribution in [0.1, 0.15) is 30.5 Å². The first kappa shape index (κ1) is 18.9. The molecule has 0 aliphatic rings. The highest BCUT2D eigenvalue weighted by Gasteiger charge is 2.14. The Morgan fingerprint density at radius 1 is 1.00 bits per heavy atom. The van der Waals surface area contributed by atoms with Crippen molar-refractivity contribution in [3.8, 4) is 0 Å². The molecule has 2 rings (SSSR count). The predicted octanol–water partition coefficient (Wildman–Crippen LogP) is 6.22. The van der Waals surface area contributed by atoms with E-state index in [1.165, 1.54) is 32.2 Å². The minimum atomic E-state index is 0.433. The Kier molecular flexibility index (Phi) is 6.81. The largest absolute Gasteiger partial charge is 0.330 e. The van der Waals surface area contributed by atoms with Gasteiger partial charge in [0, 0.05) is 40.1 Å². The Balaban J connectivity index is 2.27. The molecule has 0 fully saturated rings. The first-order valence-electron chi connectivity index (χ1n) is 8.11. The molecule has 1 N–H and O–H groups in total. The number of aryl methyl sites for hydroxylation is 2. The Hall–Kier alpha value is -1.39. The molecule has 0 spiro atoms. The van der Waals surface area contributed by atoms with E-state index >= 15 is 0 Å². The first-order chi connectivity index (χ1) is 11.5. The van der Waals surface area contributed by atoms with Gasteiger partial charge in [0.25, 0.3) is 0 Å². The molecule has 0 aliphatic carbocycles. The maximum absolute atomic E-state index is 4.52. The van der Waals surface area contributed by atoms with E-state index in [1.807, 2.05) is 13.3 Å². The van der Waals surface area contributed by atoms with Crippen LogP contribution in [0.5, 0.6) is 0 Å². The van der Waals surface area contributed by atoms with Crippen molar-refractivity contribution < 1.29 is 0 Å². The zero-order valence-electron chi connectivity index (χ0n) is 15.3. The van der Waals surface area contributed by atoms with Crippen LogP contribution in [0.4, 0.5) is 5.69 Å². The molecule has 2 aromatic carbocycles. The van der Waals surface area contributed by atoms with Crippen LogP contribution in [0.15, 0.2) is 51.2 Å². The van der Waals surface area contributed by atoms with Gasteiger partial charge in [-0.25, -0.2) is 0 Å². The average Bonchev–Trinajstić information content (AvgIpc) is 2.52. The number of benzene rings is 2. The summed E-state index contributed by atoms with van der Waals surface area (Å²) in [7, 11) is 1.89. The van der Waals surface area contributed by atoms with Gasteiger partial charge in [0.1, 0.15) is 0 Å². The number of hydrogen-bond acceptors (Lipinski definition) is 4. The number of nitrogens with one attached hydrogen (secondary N) is 1. The molecule has 0 amide bonds. The monoisotopic (exact) mass is 358 g/mol. The molecular formula is C20H26N2S2. The molecule has 0 saturated heterocycles. The van der Waals surface area contributed by atoms with Crippen molar-refractivity contribution in [2.45, 2.75) is 37.5 Å². The quantitative estimate of drug-likeness (QED) is 0.490. The summed E-state index contributed by atoms with van der Waals surface area (Å²) in [5.41, 5.74) is 6.22. The van der Waals surface area contributed by atoms with Crippen molar-refractivity contribution in [2.75, 3.05) is 18.0 Å². The van der Waals surface area contributed by atoms with Crippen molar-refractivity contribution in [1.29, 1.82) is 0 Å². The van der Waals surface area contributed by atoms with Crippen molar-refractivity contribution in [1.82, 2.24) is 0 Å². The number of rotatable bonds is 6. The Morgan fingerprint density at radius 3 is 2.04 bits per heavy atom. The second-order valence-electron chi connectivity index (χ2n) is 6.13. The van der Waals surface area contributed by atoms with E-state index < -0.39 is 0 Å². The highest BCUT2D eigenvalue weighted by molar-refractivity contribution is 8.00. The molecule has 128 valence electrons. The molecule has 0 aliphatic heterocycles. The third-order valence-electron chi connectivity index (χ3n) is 3.86. The summed E-state index contributed by atoms with van der Waals surface area (Å²) in [6.07, 6.45) is 2.03. The summed E-state index contributed by atoms with van der Waals surface area (Å²) >= 11 is 3.41. The Bertz CT molecular complexity index is 696. The summed E-state index contributed by atoms with van der Waals surface area (Å²) in [6.45, 7) is 8.78. The van der Waals surface area contributed by atoms with Gasteiger partial charge >= 0.3 is 0 Å². The smallest absolute Gasteiger partial charge is 0.0447 e. The van der Waals surface area contributed by atoms with E-state index in [-0.39, 0.29) is 0 Å². The number of anilines is 1. The normalized spacial score (nSPS) is 11.9. The molecule has 4 heteroatoms. The Labute approximate surface area is 154 Å². The Morgan fingerprint density at radius 2 is 1.58 bits per heavy atom. The lowest BCUT2D eigenvalue weighted by Crippen LogP contribution is -2.13. The highest BCUT2D eigenvalue weighted by atomic mass is 32.2. The molecule has 0 heterocycles. The number of nitrogens with zero attached hydrogens (tertiary/aromatic N) is 1. The van der Waals surface area contributed by atoms with Crippen LogP contribution < -0.4 is 4.72 Å². The van der Waals surface area contributed by atoms with Gasteiger partial charge in [-0.3, -0.25) is 4.99 Å². The maximum Gasteiger partial charge on any atom is 0.0447 e. The van der Waals surface area contributed by atoms with E-state index in [4.69, 9.17) is 0 Å². The SMILES string of the molecule is CN=C(c1c(C)cc(Sc2ccc(NSC)cc2)cc1C)C(C)C. The molecule has 0 aromatic heterocycles. The minimum absolute atomic E-state index is 0.433. The van der Waals surface area contributed by atoms with Crippen LogP contribution >= 0.6 is 23.7 Å². The molecule has 2 nitrogen and oxygen atoms in total. The highest BCUT2D eigenvalue weighted by Crippen LogP contribution is 2.32. The molecule has 0 bridgehead atoms. The fourth-order valence-corrected chi connectivity index (χ4v) is 4.28. The summed E-state index contributed by atoms with van der Waals surface area (Å²) in [4.78, 5) is 7.05. The molecule has 24 heavy (non-hydrogen) atoms. The van der Waals surface area contributed by atoms with Crippen molar-refractivity contribution in [3.05, 3.63) is 53.1 Å². The van der Waals surface area contributed by atoms with Gasteiger partial charge in [-0.2, -0.15) is 0 Å². The zero-order valence-corrected chi connectivity index (χ0v) is 16.9.